The molecule has 0 aromatic rings. The van der Waals surface area contributed by atoms with E-state index in [-0.39, 0.29) is 12.6 Å². The SMILES string of the molecule is CCCCOC(=O)NN1CC[C@@H](CF)C1. The fourth-order valence-electron chi connectivity index (χ4n) is 1.53. The Kier molecular flexibility index (Phi) is 5.39. The second kappa shape index (κ2) is 6.61. The van der Waals surface area contributed by atoms with Crippen LogP contribution in [0.3, 0.4) is 0 Å². The van der Waals surface area contributed by atoms with Crippen molar-refractivity contribution < 1.29 is 13.9 Å². The van der Waals surface area contributed by atoms with Gasteiger partial charge in [0.1, 0.15) is 0 Å². The van der Waals surface area contributed by atoms with Crippen molar-refractivity contribution in [1.29, 1.82) is 0 Å². The van der Waals surface area contributed by atoms with Gasteiger partial charge in [-0.15, -0.1) is 0 Å². The molecule has 0 saturated carbocycles. The molecule has 1 N–H and O–H groups in total. The number of hydrogen-bond acceptors (Lipinski definition) is 3. The molecular weight excluding hydrogens is 199 g/mol. The number of nitrogens with one attached hydrogen (secondary N) is 1. The lowest BCUT2D eigenvalue weighted by molar-refractivity contribution is 0.111. The van der Waals surface area contributed by atoms with Gasteiger partial charge in [0, 0.05) is 19.0 Å². The Labute approximate surface area is 89.7 Å². The number of nitrogens with zero attached hydrogens (tertiary/aromatic N) is 1. The normalized spacial score (nSPS) is 21.6. The van der Waals surface area contributed by atoms with E-state index in [0.29, 0.717) is 19.7 Å². The van der Waals surface area contributed by atoms with Gasteiger partial charge in [-0.05, 0) is 12.8 Å². The Morgan fingerprint density at radius 1 is 1.67 bits per heavy atom. The highest BCUT2D eigenvalue weighted by molar-refractivity contribution is 5.66. The van der Waals surface area contributed by atoms with Gasteiger partial charge in [0.15, 0.2) is 0 Å². The molecule has 5 heteroatoms. The average Bonchev–Trinajstić information content (AvgIpc) is 2.66. The van der Waals surface area contributed by atoms with Gasteiger partial charge < -0.3 is 4.74 Å². The highest BCUT2D eigenvalue weighted by Crippen LogP contribution is 2.14. The molecule has 88 valence electrons. The van der Waals surface area contributed by atoms with Crippen molar-refractivity contribution in [3.8, 4) is 0 Å². The number of carbonyl (C=O) groups is 1. The summed E-state index contributed by atoms with van der Waals surface area (Å²) in [6.45, 7) is 3.45. The molecule has 1 aliphatic heterocycles. The molecule has 0 aliphatic carbocycles. The molecule has 0 aromatic carbocycles. The van der Waals surface area contributed by atoms with Gasteiger partial charge in [0.05, 0.1) is 13.3 Å². The number of rotatable bonds is 5. The fraction of sp³-hybridized carbons (Fsp3) is 0.900. The summed E-state index contributed by atoms with van der Waals surface area (Å²) in [5.41, 5.74) is 2.61. The van der Waals surface area contributed by atoms with Crippen molar-refractivity contribution in [2.75, 3.05) is 26.4 Å². The molecule has 1 atom stereocenters. The van der Waals surface area contributed by atoms with E-state index < -0.39 is 6.09 Å². The van der Waals surface area contributed by atoms with Gasteiger partial charge in [-0.2, -0.15) is 0 Å². The minimum Gasteiger partial charge on any atom is -0.449 e. The number of carbonyl (C=O) groups excluding carboxylic acids is 1. The van der Waals surface area contributed by atoms with Crippen molar-refractivity contribution in [3.05, 3.63) is 0 Å². The molecule has 0 bridgehead atoms. The summed E-state index contributed by atoms with van der Waals surface area (Å²) in [6.07, 6.45) is 2.25. The highest BCUT2D eigenvalue weighted by Gasteiger charge is 2.23. The Morgan fingerprint density at radius 3 is 3.07 bits per heavy atom. The quantitative estimate of drug-likeness (QED) is 0.714. The number of halogens is 1. The van der Waals surface area contributed by atoms with E-state index in [1.165, 1.54) is 0 Å². The molecule has 0 aromatic heterocycles. The molecule has 1 amide bonds. The molecule has 15 heavy (non-hydrogen) atoms. The van der Waals surface area contributed by atoms with Gasteiger partial charge in [0.25, 0.3) is 0 Å². The molecule has 0 spiro atoms. The number of hydrazine groups is 1. The van der Waals surface area contributed by atoms with E-state index in [2.05, 4.69) is 5.43 Å². The summed E-state index contributed by atoms with van der Waals surface area (Å²) < 4.78 is 17.2. The third-order valence-corrected chi connectivity index (χ3v) is 2.48. The minimum atomic E-state index is -0.428. The summed E-state index contributed by atoms with van der Waals surface area (Å²) in [6, 6.07) is 0. The molecule has 0 unspecified atom stereocenters. The molecule has 4 nitrogen and oxygen atoms in total. The Balaban J connectivity index is 2.10. The van der Waals surface area contributed by atoms with Gasteiger partial charge in [-0.25, -0.2) is 9.80 Å². The summed E-state index contributed by atoms with van der Waals surface area (Å²) in [7, 11) is 0. The van der Waals surface area contributed by atoms with E-state index >= 15 is 0 Å². The molecule has 1 aliphatic rings. The maximum absolute atomic E-state index is 12.3. The summed E-state index contributed by atoms with van der Waals surface area (Å²) in [4.78, 5) is 11.2. The zero-order chi connectivity index (χ0) is 11.1. The number of amides is 1. The van der Waals surface area contributed by atoms with Crippen LogP contribution in [0.25, 0.3) is 0 Å². The Hall–Kier alpha value is -0.840. The standard InChI is InChI=1S/C10H19FN2O2/c1-2-3-6-15-10(14)12-13-5-4-9(7-11)8-13/h9H,2-8H2,1H3,(H,12,14)/t9-/m0/s1. The van der Waals surface area contributed by atoms with Crippen molar-refractivity contribution in [2.45, 2.75) is 26.2 Å². The maximum Gasteiger partial charge on any atom is 0.421 e. The van der Waals surface area contributed by atoms with Crippen LogP contribution in [0.15, 0.2) is 0 Å². The van der Waals surface area contributed by atoms with E-state index in [0.717, 1.165) is 19.3 Å². The first-order valence-corrected chi connectivity index (χ1v) is 5.50. The molecule has 1 rings (SSSR count). The molecule has 1 saturated heterocycles. The van der Waals surface area contributed by atoms with Gasteiger partial charge in [0.2, 0.25) is 0 Å². The van der Waals surface area contributed by atoms with Crippen LogP contribution >= 0.6 is 0 Å². The first-order chi connectivity index (χ1) is 7.26. The van der Waals surface area contributed by atoms with Crippen LogP contribution < -0.4 is 5.43 Å². The molecule has 1 heterocycles. The predicted octanol–water partition coefficient (Wildman–Crippen LogP) is 1.72. The smallest absolute Gasteiger partial charge is 0.421 e. The highest BCUT2D eigenvalue weighted by atomic mass is 19.1. The van der Waals surface area contributed by atoms with Crippen LogP contribution in [0.5, 0.6) is 0 Å². The number of alkyl halides is 1. The summed E-state index contributed by atoms with van der Waals surface area (Å²) in [5, 5.41) is 1.72. The average molecular weight is 218 g/mol. The van der Waals surface area contributed by atoms with Crippen LogP contribution in [-0.4, -0.2) is 37.5 Å². The lowest BCUT2D eigenvalue weighted by Gasteiger charge is -2.16. The lowest BCUT2D eigenvalue weighted by Crippen LogP contribution is -2.41. The number of unbranched alkanes of at least 4 members (excludes halogenated alkanes) is 1. The van der Waals surface area contributed by atoms with E-state index in [1.807, 2.05) is 6.92 Å². The Bertz CT molecular complexity index is 202. The van der Waals surface area contributed by atoms with Crippen LogP contribution in [0, 0.1) is 5.92 Å². The molecular formula is C10H19FN2O2. The fourth-order valence-corrected chi connectivity index (χ4v) is 1.53. The van der Waals surface area contributed by atoms with Crippen LogP contribution in [0.2, 0.25) is 0 Å². The van der Waals surface area contributed by atoms with Crippen molar-refractivity contribution in [3.63, 3.8) is 0 Å². The largest absolute Gasteiger partial charge is 0.449 e. The van der Waals surface area contributed by atoms with Gasteiger partial charge >= 0.3 is 6.09 Å². The summed E-state index contributed by atoms with van der Waals surface area (Å²) >= 11 is 0. The second-order valence-corrected chi connectivity index (χ2v) is 3.86. The first kappa shape index (κ1) is 12.2. The number of ether oxygens (including phenoxy) is 1. The third-order valence-electron chi connectivity index (χ3n) is 2.48. The number of hydrogen-bond donors (Lipinski definition) is 1. The summed E-state index contributed by atoms with van der Waals surface area (Å²) in [5.74, 6) is 0.0564. The topological polar surface area (TPSA) is 41.6 Å². The molecule has 1 fully saturated rings. The zero-order valence-electron chi connectivity index (χ0n) is 9.17. The maximum atomic E-state index is 12.3. The third kappa shape index (κ3) is 4.46. The predicted molar refractivity (Wildman–Crippen MR) is 55.0 cm³/mol. The lowest BCUT2D eigenvalue weighted by atomic mass is 10.1. The van der Waals surface area contributed by atoms with Crippen molar-refractivity contribution in [1.82, 2.24) is 10.4 Å². The van der Waals surface area contributed by atoms with Gasteiger partial charge in [-0.1, -0.05) is 13.3 Å². The Morgan fingerprint density at radius 2 is 2.47 bits per heavy atom. The van der Waals surface area contributed by atoms with Gasteiger partial charge in [-0.3, -0.25) is 9.82 Å². The van der Waals surface area contributed by atoms with E-state index in [4.69, 9.17) is 4.74 Å². The van der Waals surface area contributed by atoms with Crippen molar-refractivity contribution >= 4 is 6.09 Å². The van der Waals surface area contributed by atoms with E-state index in [1.54, 1.807) is 5.01 Å². The van der Waals surface area contributed by atoms with Crippen molar-refractivity contribution in [2.24, 2.45) is 5.92 Å². The van der Waals surface area contributed by atoms with Crippen LogP contribution in [0.1, 0.15) is 26.2 Å². The zero-order valence-corrected chi connectivity index (χ0v) is 9.17. The first-order valence-electron chi connectivity index (χ1n) is 5.50. The monoisotopic (exact) mass is 218 g/mol. The minimum absolute atomic E-state index is 0.0564. The van der Waals surface area contributed by atoms with Crippen LogP contribution in [-0.2, 0) is 4.74 Å². The second-order valence-electron chi connectivity index (χ2n) is 3.86. The molecule has 0 radical (unpaired) electrons. The van der Waals surface area contributed by atoms with E-state index in [9.17, 15) is 9.18 Å². The van der Waals surface area contributed by atoms with Crippen LogP contribution in [0.4, 0.5) is 9.18 Å².